The van der Waals surface area contributed by atoms with Gasteiger partial charge in [0.05, 0.1) is 18.8 Å². The monoisotopic (exact) mass is 289 g/mol. The number of aliphatic hydroxyl groups is 3. The van der Waals surface area contributed by atoms with Gasteiger partial charge in [0.25, 0.3) is 0 Å². The molecule has 0 aromatic heterocycles. The molecule has 1 heterocycles. The maximum Gasteiger partial charge on any atom is 0.186 e. The molecule has 7 atom stereocenters. The largest absolute Gasteiger partial charge is 0.394 e. The molecular formula is C13H23NO6. The first-order chi connectivity index (χ1) is 9.52. The molecule has 5 N–H and O–H groups in total. The molecule has 3 rings (SSSR count). The van der Waals surface area contributed by atoms with Crippen molar-refractivity contribution < 1.29 is 29.5 Å². The van der Waals surface area contributed by atoms with Crippen LogP contribution in [0.15, 0.2) is 0 Å². The van der Waals surface area contributed by atoms with Crippen LogP contribution in [0, 0.1) is 11.8 Å². The minimum Gasteiger partial charge on any atom is -0.394 e. The van der Waals surface area contributed by atoms with Gasteiger partial charge in [0.15, 0.2) is 6.29 Å². The van der Waals surface area contributed by atoms with Crippen molar-refractivity contribution in [3.63, 3.8) is 0 Å². The average molecular weight is 289 g/mol. The lowest BCUT2D eigenvalue weighted by molar-refractivity contribution is -0.316. The van der Waals surface area contributed by atoms with Crippen LogP contribution in [0.4, 0.5) is 0 Å². The second kappa shape index (κ2) is 5.17. The summed E-state index contributed by atoms with van der Waals surface area (Å²) in [5, 5.41) is 29.7. The number of hydrogen-bond acceptors (Lipinski definition) is 7. The molecule has 0 radical (unpaired) electrons. The highest BCUT2D eigenvalue weighted by atomic mass is 16.7. The molecule has 0 bridgehead atoms. The molecule has 2 saturated carbocycles. The first-order valence-electron chi connectivity index (χ1n) is 7.15. The summed E-state index contributed by atoms with van der Waals surface area (Å²) in [5.41, 5.74) is 5.12. The number of ether oxygens (including phenoxy) is 3. The molecule has 7 unspecified atom stereocenters. The van der Waals surface area contributed by atoms with Crippen LogP contribution in [0.1, 0.15) is 13.3 Å². The van der Waals surface area contributed by atoms with Crippen molar-refractivity contribution in [3.05, 3.63) is 0 Å². The van der Waals surface area contributed by atoms with Crippen molar-refractivity contribution >= 4 is 0 Å². The van der Waals surface area contributed by atoms with Gasteiger partial charge in [-0.25, -0.2) is 0 Å². The van der Waals surface area contributed by atoms with E-state index in [2.05, 4.69) is 0 Å². The van der Waals surface area contributed by atoms with Crippen molar-refractivity contribution in [1.29, 1.82) is 0 Å². The fourth-order valence-corrected chi connectivity index (χ4v) is 3.15. The SMILES string of the molecule is CC1(OC2C(O)C(CO)OC(OCCN)C2O)C2CC21. The van der Waals surface area contributed by atoms with Crippen LogP contribution in [0.25, 0.3) is 0 Å². The smallest absolute Gasteiger partial charge is 0.186 e. The zero-order valence-electron chi connectivity index (χ0n) is 11.5. The Morgan fingerprint density at radius 3 is 2.50 bits per heavy atom. The van der Waals surface area contributed by atoms with E-state index in [1.165, 1.54) is 0 Å². The van der Waals surface area contributed by atoms with Crippen molar-refractivity contribution in [2.45, 2.75) is 49.7 Å². The van der Waals surface area contributed by atoms with E-state index >= 15 is 0 Å². The molecule has 1 aliphatic heterocycles. The number of hydrogen-bond donors (Lipinski definition) is 4. The lowest BCUT2D eigenvalue weighted by Crippen LogP contribution is -2.61. The van der Waals surface area contributed by atoms with Crippen molar-refractivity contribution in [3.8, 4) is 0 Å². The second-order valence-electron chi connectivity index (χ2n) is 6.08. The molecule has 0 amide bonds. The molecule has 7 nitrogen and oxygen atoms in total. The van der Waals surface area contributed by atoms with Gasteiger partial charge in [-0.05, 0) is 25.2 Å². The topological polar surface area (TPSA) is 114 Å². The van der Waals surface area contributed by atoms with Crippen molar-refractivity contribution in [1.82, 2.24) is 0 Å². The molecule has 0 aromatic carbocycles. The Labute approximate surface area is 117 Å². The Morgan fingerprint density at radius 2 is 2.00 bits per heavy atom. The number of aliphatic hydroxyl groups excluding tert-OH is 3. The lowest BCUT2D eigenvalue weighted by Gasteiger charge is -2.43. The molecule has 3 aliphatic rings. The predicted molar refractivity (Wildman–Crippen MR) is 67.6 cm³/mol. The van der Waals surface area contributed by atoms with Crippen LogP contribution in [-0.4, -0.2) is 71.4 Å². The van der Waals surface area contributed by atoms with Crippen molar-refractivity contribution in [2.75, 3.05) is 19.8 Å². The van der Waals surface area contributed by atoms with E-state index in [9.17, 15) is 15.3 Å². The minimum absolute atomic E-state index is 0.227. The third kappa shape index (κ3) is 2.27. The quantitative estimate of drug-likeness (QED) is 0.456. The van der Waals surface area contributed by atoms with Gasteiger partial charge in [-0.2, -0.15) is 0 Å². The van der Waals surface area contributed by atoms with E-state index in [1.807, 2.05) is 6.92 Å². The molecular weight excluding hydrogens is 266 g/mol. The molecule has 1 saturated heterocycles. The van der Waals surface area contributed by atoms with E-state index in [4.69, 9.17) is 19.9 Å². The third-order valence-corrected chi connectivity index (χ3v) is 4.77. The fourth-order valence-electron chi connectivity index (χ4n) is 3.15. The first kappa shape index (κ1) is 14.6. The molecule has 3 fully saturated rings. The van der Waals surface area contributed by atoms with Crippen LogP contribution < -0.4 is 5.73 Å². The summed E-state index contributed by atoms with van der Waals surface area (Å²) < 4.78 is 16.6. The van der Waals surface area contributed by atoms with Gasteiger partial charge in [-0.3, -0.25) is 0 Å². The highest BCUT2D eigenvalue weighted by Crippen LogP contribution is 2.73. The van der Waals surface area contributed by atoms with Crippen LogP contribution in [0.2, 0.25) is 0 Å². The van der Waals surface area contributed by atoms with Crippen LogP contribution in [0.5, 0.6) is 0 Å². The average Bonchev–Trinajstić information content (AvgIpc) is 3.33. The molecule has 0 spiro atoms. The first-order valence-corrected chi connectivity index (χ1v) is 7.15. The van der Waals surface area contributed by atoms with Crippen LogP contribution in [-0.2, 0) is 14.2 Å². The normalized spacial score (nSPS) is 53.5. The van der Waals surface area contributed by atoms with Gasteiger partial charge < -0.3 is 35.3 Å². The zero-order valence-corrected chi connectivity index (χ0v) is 11.5. The highest BCUT2D eigenvalue weighted by molar-refractivity contribution is 5.25. The number of nitrogens with two attached hydrogens (primary N) is 1. The fraction of sp³-hybridized carbons (Fsp3) is 1.00. The Morgan fingerprint density at radius 1 is 1.30 bits per heavy atom. The standard InChI is InChI=1S/C13H23NO6/c1-13(6-4-7(6)13)20-11-9(16)8(5-15)19-12(10(11)17)18-3-2-14/h6-12,15-17H,2-5,14H2,1H3. The zero-order chi connectivity index (χ0) is 14.5. The number of fused-ring (bicyclic) bond motifs is 1. The summed E-state index contributed by atoms with van der Waals surface area (Å²) in [5.74, 6) is 1.08. The van der Waals surface area contributed by atoms with Gasteiger partial charge in [0.1, 0.15) is 24.4 Å². The van der Waals surface area contributed by atoms with E-state index in [1.54, 1.807) is 0 Å². The van der Waals surface area contributed by atoms with Crippen LogP contribution >= 0.6 is 0 Å². The maximum atomic E-state index is 10.3. The molecule has 2 aliphatic carbocycles. The second-order valence-corrected chi connectivity index (χ2v) is 6.08. The summed E-state index contributed by atoms with van der Waals surface area (Å²) in [6, 6.07) is 0. The maximum absolute atomic E-state index is 10.3. The highest BCUT2D eigenvalue weighted by Gasteiger charge is 2.76. The van der Waals surface area contributed by atoms with Gasteiger partial charge in [0, 0.05) is 6.54 Å². The van der Waals surface area contributed by atoms with Gasteiger partial charge in [-0.1, -0.05) is 0 Å². The Bertz CT molecular complexity index is 359. The summed E-state index contributed by atoms with van der Waals surface area (Å²) in [6.07, 6.45) is -3.61. The van der Waals surface area contributed by atoms with E-state index in [0.717, 1.165) is 6.42 Å². The Hall–Kier alpha value is -0.280. The van der Waals surface area contributed by atoms with Gasteiger partial charge in [0.2, 0.25) is 0 Å². The minimum atomic E-state index is -1.10. The summed E-state index contributed by atoms with van der Waals surface area (Å²) in [4.78, 5) is 0. The van der Waals surface area contributed by atoms with Crippen LogP contribution in [0.3, 0.4) is 0 Å². The number of rotatable bonds is 6. The molecule has 116 valence electrons. The Kier molecular flexibility index (Phi) is 3.79. The van der Waals surface area contributed by atoms with Gasteiger partial charge >= 0.3 is 0 Å². The van der Waals surface area contributed by atoms with E-state index < -0.39 is 30.7 Å². The molecule has 7 heteroatoms. The molecule has 20 heavy (non-hydrogen) atoms. The molecule has 0 aromatic rings. The predicted octanol–water partition coefficient (Wildman–Crippen LogP) is -1.81. The summed E-state index contributed by atoms with van der Waals surface area (Å²) in [6.45, 7) is 2.15. The third-order valence-electron chi connectivity index (χ3n) is 4.77. The summed E-state index contributed by atoms with van der Waals surface area (Å²) in [7, 11) is 0. The Balaban J connectivity index is 1.67. The van der Waals surface area contributed by atoms with Crippen molar-refractivity contribution in [2.24, 2.45) is 17.6 Å². The van der Waals surface area contributed by atoms with E-state index in [-0.39, 0.29) is 18.8 Å². The van der Waals surface area contributed by atoms with E-state index in [0.29, 0.717) is 18.4 Å². The summed E-state index contributed by atoms with van der Waals surface area (Å²) >= 11 is 0. The van der Waals surface area contributed by atoms with Gasteiger partial charge in [-0.15, -0.1) is 0 Å². The lowest BCUT2D eigenvalue weighted by atomic mass is 9.98.